The maximum atomic E-state index is 10.0. The molecule has 1 fully saturated rings. The van der Waals surface area contributed by atoms with Crippen LogP contribution in [0.1, 0.15) is 49.8 Å². The third-order valence-corrected chi connectivity index (χ3v) is 4.58. The fourth-order valence-electron chi connectivity index (χ4n) is 3.69. The number of phenolic OH excluding ortho intramolecular Hbond substituents is 1. The quantitative estimate of drug-likeness (QED) is 0.818. The Morgan fingerprint density at radius 1 is 1.22 bits per heavy atom. The Hall–Kier alpha value is -1.02. The molecule has 3 rings (SSSR count). The van der Waals surface area contributed by atoms with E-state index in [1.807, 2.05) is 12.1 Å². The van der Waals surface area contributed by atoms with Crippen LogP contribution in [0, 0.1) is 5.92 Å². The van der Waals surface area contributed by atoms with Gasteiger partial charge in [0.15, 0.2) is 0 Å². The molecule has 1 aliphatic carbocycles. The largest absolute Gasteiger partial charge is 0.508 e. The highest BCUT2D eigenvalue weighted by atomic mass is 16.3. The van der Waals surface area contributed by atoms with Crippen molar-refractivity contribution >= 4 is 0 Å². The molecule has 1 saturated heterocycles. The highest BCUT2D eigenvalue weighted by Gasteiger charge is 2.29. The average Bonchev–Trinajstić information content (AvgIpc) is 2.39. The van der Waals surface area contributed by atoms with Crippen molar-refractivity contribution in [1.82, 2.24) is 4.90 Å². The predicted octanol–water partition coefficient (Wildman–Crippen LogP) is 3.50. The van der Waals surface area contributed by atoms with E-state index in [0.717, 1.165) is 12.3 Å². The van der Waals surface area contributed by atoms with Gasteiger partial charge in [0.1, 0.15) is 5.75 Å². The van der Waals surface area contributed by atoms with Crippen LogP contribution in [0.5, 0.6) is 5.75 Å². The van der Waals surface area contributed by atoms with E-state index >= 15 is 0 Å². The smallest absolute Gasteiger partial charge is 0.119 e. The molecule has 2 nitrogen and oxygen atoms in total. The first-order valence-electron chi connectivity index (χ1n) is 7.30. The molecule has 0 aromatic heterocycles. The molecular weight excluding hydrogens is 222 g/mol. The van der Waals surface area contributed by atoms with Crippen LogP contribution in [0.3, 0.4) is 0 Å². The number of aromatic hydroxyl groups is 1. The summed E-state index contributed by atoms with van der Waals surface area (Å²) in [6.45, 7) is 4.81. The first-order valence-corrected chi connectivity index (χ1v) is 7.30. The SMILES string of the molecule is CC1CCCN(C2CCCc3c(O)cccc32)C1. The second kappa shape index (κ2) is 4.93. The van der Waals surface area contributed by atoms with Gasteiger partial charge < -0.3 is 5.11 Å². The summed E-state index contributed by atoms with van der Waals surface area (Å²) >= 11 is 0. The van der Waals surface area contributed by atoms with Crippen molar-refractivity contribution in [3.63, 3.8) is 0 Å². The maximum Gasteiger partial charge on any atom is 0.119 e. The lowest BCUT2D eigenvalue weighted by Crippen LogP contribution is -2.38. The average molecular weight is 245 g/mol. The van der Waals surface area contributed by atoms with Gasteiger partial charge in [-0.05, 0) is 61.8 Å². The predicted molar refractivity (Wildman–Crippen MR) is 73.8 cm³/mol. The molecular formula is C16H23NO. The number of hydrogen-bond acceptors (Lipinski definition) is 2. The van der Waals surface area contributed by atoms with Crippen LogP contribution in [-0.2, 0) is 6.42 Å². The van der Waals surface area contributed by atoms with E-state index < -0.39 is 0 Å². The molecule has 1 aromatic carbocycles. The molecule has 2 aliphatic rings. The van der Waals surface area contributed by atoms with Gasteiger partial charge >= 0.3 is 0 Å². The normalized spacial score (nSPS) is 28.9. The summed E-state index contributed by atoms with van der Waals surface area (Å²) in [6, 6.07) is 6.60. The molecule has 0 saturated carbocycles. The number of phenols is 1. The first kappa shape index (κ1) is 12.0. The highest BCUT2D eigenvalue weighted by Crippen LogP contribution is 2.39. The van der Waals surface area contributed by atoms with Gasteiger partial charge in [0.25, 0.3) is 0 Å². The van der Waals surface area contributed by atoms with Crippen LogP contribution in [0.15, 0.2) is 18.2 Å². The van der Waals surface area contributed by atoms with Crippen molar-refractivity contribution in [2.45, 2.75) is 45.1 Å². The van der Waals surface area contributed by atoms with Crippen molar-refractivity contribution in [3.05, 3.63) is 29.3 Å². The van der Waals surface area contributed by atoms with E-state index in [2.05, 4.69) is 17.9 Å². The molecule has 1 heterocycles. The summed E-state index contributed by atoms with van der Waals surface area (Å²) < 4.78 is 0. The van der Waals surface area contributed by atoms with Crippen molar-refractivity contribution in [1.29, 1.82) is 0 Å². The molecule has 1 aromatic rings. The number of rotatable bonds is 1. The fourth-order valence-corrected chi connectivity index (χ4v) is 3.69. The minimum atomic E-state index is 0.502. The van der Waals surface area contributed by atoms with Gasteiger partial charge in [0, 0.05) is 12.6 Å². The van der Waals surface area contributed by atoms with E-state index in [-0.39, 0.29) is 0 Å². The molecule has 98 valence electrons. The Kier molecular flexibility index (Phi) is 3.29. The lowest BCUT2D eigenvalue weighted by molar-refractivity contribution is 0.117. The summed E-state index contributed by atoms with van der Waals surface area (Å²) in [5.74, 6) is 1.32. The number of nitrogens with zero attached hydrogens (tertiary/aromatic N) is 1. The molecule has 2 unspecified atom stereocenters. The minimum Gasteiger partial charge on any atom is -0.508 e. The van der Waals surface area contributed by atoms with Crippen LogP contribution in [0.25, 0.3) is 0 Å². The molecule has 1 aliphatic heterocycles. The topological polar surface area (TPSA) is 23.5 Å². The Labute approximate surface area is 110 Å². The fraction of sp³-hybridized carbons (Fsp3) is 0.625. The first-order chi connectivity index (χ1) is 8.75. The summed E-state index contributed by atoms with van der Waals surface area (Å²) in [4.78, 5) is 2.64. The zero-order valence-corrected chi connectivity index (χ0v) is 11.2. The third kappa shape index (κ3) is 2.14. The van der Waals surface area contributed by atoms with Gasteiger partial charge in [0.2, 0.25) is 0 Å². The number of hydrogen-bond donors (Lipinski definition) is 1. The molecule has 18 heavy (non-hydrogen) atoms. The van der Waals surface area contributed by atoms with Crippen LogP contribution in [-0.4, -0.2) is 23.1 Å². The minimum absolute atomic E-state index is 0.502. The lowest BCUT2D eigenvalue weighted by atomic mass is 9.84. The maximum absolute atomic E-state index is 10.0. The number of likely N-dealkylation sites (tertiary alicyclic amines) is 1. The van der Waals surface area contributed by atoms with E-state index in [9.17, 15) is 5.11 Å². The van der Waals surface area contributed by atoms with Crippen molar-refractivity contribution in [3.8, 4) is 5.75 Å². The monoisotopic (exact) mass is 245 g/mol. The summed E-state index contributed by atoms with van der Waals surface area (Å²) in [5.41, 5.74) is 2.59. The zero-order valence-electron chi connectivity index (χ0n) is 11.2. The number of benzene rings is 1. The summed E-state index contributed by atoms with van der Waals surface area (Å²) in [5, 5.41) is 10.0. The van der Waals surface area contributed by atoms with Gasteiger partial charge in [0.05, 0.1) is 0 Å². The van der Waals surface area contributed by atoms with Crippen molar-refractivity contribution < 1.29 is 5.11 Å². The van der Waals surface area contributed by atoms with E-state index in [0.29, 0.717) is 11.8 Å². The lowest BCUT2D eigenvalue weighted by Gasteiger charge is -2.40. The van der Waals surface area contributed by atoms with Gasteiger partial charge in [-0.15, -0.1) is 0 Å². The van der Waals surface area contributed by atoms with E-state index in [1.165, 1.54) is 49.9 Å². The summed E-state index contributed by atoms with van der Waals surface area (Å²) in [7, 11) is 0. The Morgan fingerprint density at radius 2 is 2.11 bits per heavy atom. The standard InChI is InChI=1S/C16H23NO/c1-12-5-4-10-17(11-12)15-8-2-7-14-13(15)6-3-9-16(14)18/h3,6,9,12,15,18H,2,4-5,7-8,10-11H2,1H3. The molecule has 0 amide bonds. The van der Waals surface area contributed by atoms with E-state index in [4.69, 9.17) is 0 Å². The van der Waals surface area contributed by atoms with Crippen LogP contribution in [0.4, 0.5) is 0 Å². The molecule has 0 radical (unpaired) electrons. The highest BCUT2D eigenvalue weighted by molar-refractivity contribution is 5.42. The molecule has 0 bridgehead atoms. The second-order valence-electron chi connectivity index (χ2n) is 6.00. The number of fused-ring (bicyclic) bond motifs is 1. The van der Waals surface area contributed by atoms with Crippen molar-refractivity contribution in [2.75, 3.05) is 13.1 Å². The van der Waals surface area contributed by atoms with Gasteiger partial charge in [-0.1, -0.05) is 19.1 Å². The van der Waals surface area contributed by atoms with Crippen LogP contribution < -0.4 is 0 Å². The van der Waals surface area contributed by atoms with Gasteiger partial charge in [-0.25, -0.2) is 0 Å². The molecule has 1 N–H and O–H groups in total. The third-order valence-electron chi connectivity index (χ3n) is 4.58. The molecule has 2 heteroatoms. The molecule has 2 atom stereocenters. The van der Waals surface area contributed by atoms with Crippen molar-refractivity contribution in [2.24, 2.45) is 5.92 Å². The van der Waals surface area contributed by atoms with Crippen LogP contribution in [0.2, 0.25) is 0 Å². The zero-order chi connectivity index (χ0) is 12.5. The Morgan fingerprint density at radius 3 is 2.94 bits per heavy atom. The van der Waals surface area contributed by atoms with Crippen LogP contribution >= 0.6 is 0 Å². The molecule has 0 spiro atoms. The van der Waals surface area contributed by atoms with Gasteiger partial charge in [-0.3, -0.25) is 4.90 Å². The Balaban J connectivity index is 1.89. The Bertz CT molecular complexity index is 429. The summed E-state index contributed by atoms with van der Waals surface area (Å²) in [6.07, 6.45) is 6.20. The van der Waals surface area contributed by atoms with E-state index in [1.54, 1.807) is 0 Å². The number of piperidine rings is 1. The second-order valence-corrected chi connectivity index (χ2v) is 6.00. The van der Waals surface area contributed by atoms with Gasteiger partial charge in [-0.2, -0.15) is 0 Å².